The van der Waals surface area contributed by atoms with Crippen molar-refractivity contribution < 1.29 is 17.9 Å². The second-order valence-corrected chi connectivity index (χ2v) is 3.20. The fraction of sp³-hybridized carbons (Fsp3) is 0.700. The van der Waals surface area contributed by atoms with E-state index in [1.165, 1.54) is 11.6 Å². The van der Waals surface area contributed by atoms with Gasteiger partial charge in [-0.3, -0.25) is 0 Å². The molecule has 2 rings (SSSR count). The van der Waals surface area contributed by atoms with E-state index in [0.29, 0.717) is 19.6 Å². The summed E-state index contributed by atoms with van der Waals surface area (Å²) in [6.07, 6.45) is -3.69. The number of nitrogens with zero attached hydrogens (tertiary/aromatic N) is 2. The second-order valence-electron chi connectivity index (χ2n) is 3.20. The number of alkyl halides is 3. The molecule has 2 heterocycles. The third-order valence-corrected chi connectivity index (χ3v) is 2.15. The highest BCUT2D eigenvalue weighted by atomic mass is 19.4. The summed E-state index contributed by atoms with van der Waals surface area (Å²) in [7, 11) is 0. The second kappa shape index (κ2) is 4.76. The first-order valence-corrected chi connectivity index (χ1v) is 5.27. The van der Waals surface area contributed by atoms with Gasteiger partial charge in [-0.25, -0.2) is 4.68 Å². The summed E-state index contributed by atoms with van der Waals surface area (Å²) in [5.41, 5.74) is -0.758. The highest BCUT2D eigenvalue weighted by molar-refractivity contribution is 5.32. The first-order valence-electron chi connectivity index (χ1n) is 5.27. The first kappa shape index (κ1) is 12.9. The van der Waals surface area contributed by atoms with Gasteiger partial charge in [0.05, 0.1) is 6.61 Å². The van der Waals surface area contributed by atoms with Crippen molar-refractivity contribution in [3.05, 3.63) is 11.3 Å². The summed E-state index contributed by atoms with van der Waals surface area (Å²) in [6, 6.07) is 0. The van der Waals surface area contributed by atoms with Crippen LogP contribution in [0.25, 0.3) is 0 Å². The van der Waals surface area contributed by atoms with E-state index in [0.717, 1.165) is 0 Å². The molecule has 0 spiro atoms. The Hall–Kier alpha value is -1.20. The molecular weight excluding hydrogens is 221 g/mol. The molecule has 0 aromatic carbocycles. The van der Waals surface area contributed by atoms with E-state index in [1.807, 2.05) is 13.8 Å². The van der Waals surface area contributed by atoms with Crippen molar-refractivity contribution in [2.75, 3.05) is 6.61 Å². The fourth-order valence-electron chi connectivity index (χ4n) is 1.52. The average Bonchev–Trinajstić information content (AvgIpc) is 2.60. The van der Waals surface area contributed by atoms with Crippen LogP contribution < -0.4 is 4.74 Å². The third kappa shape index (κ3) is 2.31. The van der Waals surface area contributed by atoms with Gasteiger partial charge in [-0.1, -0.05) is 13.8 Å². The fourth-order valence-corrected chi connectivity index (χ4v) is 1.52. The van der Waals surface area contributed by atoms with Crippen LogP contribution in [0.15, 0.2) is 0 Å². The lowest BCUT2D eigenvalue weighted by atomic mass is 10.2. The van der Waals surface area contributed by atoms with E-state index in [-0.39, 0.29) is 11.4 Å². The van der Waals surface area contributed by atoms with E-state index in [2.05, 4.69) is 5.10 Å². The highest BCUT2D eigenvalue weighted by Gasteiger charge is 2.38. The lowest BCUT2D eigenvalue weighted by molar-refractivity contribution is -0.141. The summed E-state index contributed by atoms with van der Waals surface area (Å²) in [5, 5.41) is 3.49. The smallest absolute Gasteiger partial charge is 0.435 e. The van der Waals surface area contributed by atoms with Gasteiger partial charge in [-0.2, -0.15) is 18.3 Å². The molecule has 1 aliphatic heterocycles. The lowest BCUT2D eigenvalue weighted by Crippen LogP contribution is -2.15. The molecule has 0 radical (unpaired) electrons. The number of halogens is 3. The maximum Gasteiger partial charge on any atom is 0.435 e. The van der Waals surface area contributed by atoms with Gasteiger partial charge < -0.3 is 4.74 Å². The maximum absolute atomic E-state index is 12.4. The van der Waals surface area contributed by atoms with Gasteiger partial charge in [0.2, 0.25) is 5.88 Å². The summed E-state index contributed by atoms with van der Waals surface area (Å²) in [4.78, 5) is 0. The average molecular weight is 236 g/mol. The largest absolute Gasteiger partial charge is 0.478 e. The quantitative estimate of drug-likeness (QED) is 0.692. The van der Waals surface area contributed by atoms with Gasteiger partial charge in [0.1, 0.15) is 0 Å². The Morgan fingerprint density at radius 2 is 1.94 bits per heavy atom. The number of aromatic nitrogens is 2. The van der Waals surface area contributed by atoms with Crippen LogP contribution in [0.5, 0.6) is 5.88 Å². The maximum atomic E-state index is 12.4. The molecule has 1 aliphatic rings. The summed E-state index contributed by atoms with van der Waals surface area (Å²) < 4.78 is 43.6. The third-order valence-electron chi connectivity index (χ3n) is 2.15. The van der Waals surface area contributed by atoms with Crippen molar-refractivity contribution in [1.82, 2.24) is 9.78 Å². The van der Waals surface area contributed by atoms with Crippen LogP contribution >= 0.6 is 0 Å². The Balaban J connectivity index is 0.000000606. The van der Waals surface area contributed by atoms with E-state index in [4.69, 9.17) is 4.74 Å². The van der Waals surface area contributed by atoms with Crippen molar-refractivity contribution >= 4 is 0 Å². The molecule has 0 fully saturated rings. The van der Waals surface area contributed by atoms with E-state index < -0.39 is 11.9 Å². The molecule has 0 bridgehead atoms. The Morgan fingerprint density at radius 1 is 1.31 bits per heavy atom. The van der Waals surface area contributed by atoms with Crippen LogP contribution in [-0.4, -0.2) is 16.4 Å². The zero-order valence-electron chi connectivity index (χ0n) is 9.56. The van der Waals surface area contributed by atoms with Crippen molar-refractivity contribution in [2.24, 2.45) is 0 Å². The van der Waals surface area contributed by atoms with Gasteiger partial charge in [-0.05, 0) is 6.92 Å². The van der Waals surface area contributed by atoms with Crippen molar-refractivity contribution in [3.63, 3.8) is 0 Å². The number of rotatable bonds is 0. The van der Waals surface area contributed by atoms with Gasteiger partial charge in [0.25, 0.3) is 0 Å². The topological polar surface area (TPSA) is 27.1 Å². The van der Waals surface area contributed by atoms with E-state index >= 15 is 0 Å². The lowest BCUT2D eigenvalue weighted by Gasteiger charge is -2.14. The van der Waals surface area contributed by atoms with E-state index in [9.17, 15) is 13.2 Å². The summed E-state index contributed by atoms with van der Waals surface area (Å²) in [6.45, 7) is 6.34. The van der Waals surface area contributed by atoms with Gasteiger partial charge in [0, 0.05) is 18.5 Å². The van der Waals surface area contributed by atoms with Gasteiger partial charge in [-0.15, -0.1) is 0 Å². The molecule has 0 N–H and O–H groups in total. The Labute approximate surface area is 92.2 Å². The van der Waals surface area contributed by atoms with Crippen LogP contribution in [0, 0.1) is 6.92 Å². The van der Waals surface area contributed by atoms with Crippen LogP contribution in [0.1, 0.15) is 31.5 Å². The molecule has 0 unspecified atom stereocenters. The Kier molecular flexibility index (Phi) is 3.83. The SMILES string of the molecule is CC.Cc1c(C(F)(F)F)nn2c1OCCC2. The Morgan fingerprint density at radius 3 is 2.44 bits per heavy atom. The number of aryl methyl sites for hydroxylation is 1. The van der Waals surface area contributed by atoms with Crippen LogP contribution in [-0.2, 0) is 12.7 Å². The molecular formula is C10H15F3N2O. The van der Waals surface area contributed by atoms with Crippen molar-refractivity contribution in [1.29, 1.82) is 0 Å². The normalized spacial score (nSPS) is 14.6. The summed E-state index contributed by atoms with van der Waals surface area (Å²) in [5.74, 6) is 0.253. The molecule has 0 atom stereocenters. The zero-order valence-corrected chi connectivity index (χ0v) is 9.56. The molecule has 1 aromatic rings. The molecule has 92 valence electrons. The highest BCUT2D eigenvalue weighted by Crippen LogP contribution is 2.35. The summed E-state index contributed by atoms with van der Waals surface area (Å²) >= 11 is 0. The number of hydrogen-bond donors (Lipinski definition) is 0. The minimum absolute atomic E-state index is 0.0807. The van der Waals surface area contributed by atoms with Crippen molar-refractivity contribution in [2.45, 2.75) is 39.9 Å². The molecule has 6 heteroatoms. The van der Waals surface area contributed by atoms with Gasteiger partial charge in [0.15, 0.2) is 5.69 Å². The molecule has 3 nitrogen and oxygen atoms in total. The van der Waals surface area contributed by atoms with Crippen LogP contribution in [0.4, 0.5) is 13.2 Å². The molecule has 0 saturated heterocycles. The Bertz CT molecular complexity index is 358. The van der Waals surface area contributed by atoms with E-state index in [1.54, 1.807) is 0 Å². The standard InChI is InChI=1S/C8H9F3N2O.C2H6/c1-5-6(8(9,10)11)12-13-3-2-4-14-7(5)13;1-2/h2-4H2,1H3;1-2H3. The predicted octanol–water partition coefficient (Wildman–Crippen LogP) is 3.02. The van der Waals surface area contributed by atoms with Crippen molar-refractivity contribution in [3.8, 4) is 5.88 Å². The minimum Gasteiger partial charge on any atom is -0.478 e. The molecule has 0 amide bonds. The minimum atomic E-state index is -4.39. The first-order chi connectivity index (χ1) is 7.50. The zero-order chi connectivity index (χ0) is 12.3. The predicted molar refractivity (Wildman–Crippen MR) is 53.4 cm³/mol. The molecule has 0 aliphatic carbocycles. The monoisotopic (exact) mass is 236 g/mol. The van der Waals surface area contributed by atoms with Gasteiger partial charge >= 0.3 is 6.18 Å². The van der Waals surface area contributed by atoms with Crippen LogP contribution in [0.2, 0.25) is 0 Å². The number of fused-ring (bicyclic) bond motifs is 1. The molecule has 1 aromatic heterocycles. The number of ether oxygens (including phenoxy) is 1. The number of hydrogen-bond acceptors (Lipinski definition) is 2. The molecule has 0 saturated carbocycles. The molecule has 16 heavy (non-hydrogen) atoms. The van der Waals surface area contributed by atoms with Crippen LogP contribution in [0.3, 0.4) is 0 Å².